The second kappa shape index (κ2) is 5.28. The van der Waals surface area contributed by atoms with Crippen LogP contribution in [0.25, 0.3) is 0 Å². The Bertz CT molecular complexity index is 444. The summed E-state index contributed by atoms with van der Waals surface area (Å²) in [5.74, 6) is 0.0164. The second-order valence-corrected chi connectivity index (χ2v) is 6.25. The van der Waals surface area contributed by atoms with E-state index in [0.717, 1.165) is 18.5 Å². The Morgan fingerprint density at radius 2 is 2.21 bits per heavy atom. The number of hydrogen-bond donors (Lipinski definition) is 2. The zero-order valence-electron chi connectivity index (χ0n) is 12.1. The van der Waals surface area contributed by atoms with Gasteiger partial charge in [0.25, 0.3) is 0 Å². The summed E-state index contributed by atoms with van der Waals surface area (Å²) in [5, 5.41) is 14.4. The summed E-state index contributed by atoms with van der Waals surface area (Å²) in [6.07, 6.45) is 4.02. The number of carbonyl (C=O) groups is 1. The van der Waals surface area contributed by atoms with Crippen molar-refractivity contribution in [2.45, 2.75) is 64.7 Å². The van der Waals surface area contributed by atoms with Gasteiger partial charge in [-0.3, -0.25) is 4.79 Å². The van der Waals surface area contributed by atoms with Crippen LogP contribution >= 0.6 is 0 Å². The molecule has 2 rings (SSSR count). The van der Waals surface area contributed by atoms with Gasteiger partial charge in [0, 0.05) is 18.1 Å². The quantitative estimate of drug-likeness (QED) is 0.833. The molecule has 0 aliphatic heterocycles. The molecule has 19 heavy (non-hydrogen) atoms. The highest BCUT2D eigenvalue weighted by Gasteiger charge is 2.26. The number of aromatic nitrogens is 3. The number of nitrogens with one attached hydrogen (secondary N) is 2. The van der Waals surface area contributed by atoms with Crippen molar-refractivity contribution in [3.63, 3.8) is 0 Å². The maximum absolute atomic E-state index is 11.9. The molecule has 2 N–H and O–H groups in total. The molecule has 1 aromatic heterocycles. The van der Waals surface area contributed by atoms with Gasteiger partial charge in [0.15, 0.2) is 0 Å². The van der Waals surface area contributed by atoms with Gasteiger partial charge in [-0.1, -0.05) is 5.21 Å². The van der Waals surface area contributed by atoms with E-state index in [-0.39, 0.29) is 17.5 Å². The maximum atomic E-state index is 11.9. The van der Waals surface area contributed by atoms with Gasteiger partial charge in [0.05, 0.1) is 11.9 Å². The highest BCUT2D eigenvalue weighted by Crippen LogP contribution is 2.19. The standard InChI is InChI=1S/C13H23N5O/c1-9(12(19)15-10-5-6-10)18-8-11(16-17-18)7-14-13(2,3)4/h8-10,14H,5-7H2,1-4H3,(H,15,19). The molecule has 0 bridgehead atoms. The van der Waals surface area contributed by atoms with Gasteiger partial charge in [-0.15, -0.1) is 5.10 Å². The van der Waals surface area contributed by atoms with Crippen molar-refractivity contribution in [2.75, 3.05) is 0 Å². The molecule has 0 radical (unpaired) electrons. The molecule has 106 valence electrons. The predicted molar refractivity (Wildman–Crippen MR) is 72.5 cm³/mol. The topological polar surface area (TPSA) is 71.8 Å². The lowest BCUT2D eigenvalue weighted by atomic mass is 10.1. The monoisotopic (exact) mass is 265 g/mol. The lowest BCUT2D eigenvalue weighted by Gasteiger charge is -2.19. The Morgan fingerprint density at radius 1 is 1.53 bits per heavy atom. The molecule has 0 aromatic carbocycles. The first-order valence-electron chi connectivity index (χ1n) is 6.81. The lowest BCUT2D eigenvalue weighted by molar-refractivity contribution is -0.124. The minimum atomic E-state index is -0.309. The minimum absolute atomic E-state index is 0.0164. The van der Waals surface area contributed by atoms with Crippen LogP contribution in [0.3, 0.4) is 0 Å². The van der Waals surface area contributed by atoms with Crippen LogP contribution in [0.2, 0.25) is 0 Å². The van der Waals surface area contributed by atoms with Gasteiger partial charge in [0.2, 0.25) is 5.91 Å². The zero-order chi connectivity index (χ0) is 14.0. The molecular weight excluding hydrogens is 242 g/mol. The summed E-state index contributed by atoms with van der Waals surface area (Å²) in [7, 11) is 0. The SMILES string of the molecule is CC(C(=O)NC1CC1)n1cc(CNC(C)(C)C)nn1. The van der Waals surface area contributed by atoms with Gasteiger partial charge in [0.1, 0.15) is 6.04 Å². The van der Waals surface area contributed by atoms with Crippen LogP contribution in [-0.4, -0.2) is 32.5 Å². The smallest absolute Gasteiger partial charge is 0.244 e. The summed E-state index contributed by atoms with van der Waals surface area (Å²) in [6.45, 7) is 8.79. The van der Waals surface area contributed by atoms with Crippen LogP contribution in [0, 0.1) is 0 Å². The number of amides is 1. The lowest BCUT2D eigenvalue weighted by Crippen LogP contribution is -2.35. The third-order valence-electron chi connectivity index (χ3n) is 3.06. The van der Waals surface area contributed by atoms with Crippen LogP contribution < -0.4 is 10.6 Å². The van der Waals surface area contributed by atoms with E-state index in [1.807, 2.05) is 13.1 Å². The van der Waals surface area contributed by atoms with Crippen LogP contribution in [0.4, 0.5) is 0 Å². The van der Waals surface area contributed by atoms with E-state index < -0.39 is 0 Å². The Balaban J connectivity index is 1.89. The largest absolute Gasteiger partial charge is 0.352 e. The molecule has 1 atom stereocenters. The fraction of sp³-hybridized carbons (Fsp3) is 0.769. The zero-order valence-corrected chi connectivity index (χ0v) is 12.1. The second-order valence-electron chi connectivity index (χ2n) is 6.25. The van der Waals surface area contributed by atoms with Crippen LogP contribution in [-0.2, 0) is 11.3 Å². The molecule has 1 unspecified atom stereocenters. The van der Waals surface area contributed by atoms with E-state index >= 15 is 0 Å². The fourth-order valence-electron chi connectivity index (χ4n) is 1.61. The van der Waals surface area contributed by atoms with Gasteiger partial charge in [-0.2, -0.15) is 0 Å². The Hall–Kier alpha value is -1.43. The Morgan fingerprint density at radius 3 is 2.79 bits per heavy atom. The number of nitrogens with zero attached hydrogens (tertiary/aromatic N) is 3. The highest BCUT2D eigenvalue weighted by molar-refractivity contribution is 5.80. The molecule has 1 fully saturated rings. The van der Waals surface area contributed by atoms with E-state index in [1.165, 1.54) is 0 Å². The molecule has 1 amide bonds. The summed E-state index contributed by atoms with van der Waals surface area (Å²) < 4.78 is 1.62. The third-order valence-corrected chi connectivity index (χ3v) is 3.06. The Kier molecular flexibility index (Phi) is 3.89. The van der Waals surface area contributed by atoms with Crippen molar-refractivity contribution in [1.29, 1.82) is 0 Å². The van der Waals surface area contributed by atoms with Crippen LogP contribution in [0.1, 0.15) is 52.3 Å². The molecule has 1 aliphatic carbocycles. The average Bonchev–Trinajstić information content (AvgIpc) is 3.00. The van der Waals surface area contributed by atoms with Crippen molar-refractivity contribution >= 4 is 5.91 Å². The summed E-state index contributed by atoms with van der Waals surface area (Å²) in [5.41, 5.74) is 0.889. The van der Waals surface area contributed by atoms with Gasteiger partial charge in [-0.25, -0.2) is 4.68 Å². The third kappa shape index (κ3) is 4.31. The minimum Gasteiger partial charge on any atom is -0.352 e. The van der Waals surface area contributed by atoms with E-state index in [9.17, 15) is 4.79 Å². The number of carbonyl (C=O) groups excluding carboxylic acids is 1. The highest BCUT2D eigenvalue weighted by atomic mass is 16.2. The number of rotatable bonds is 5. The van der Waals surface area contributed by atoms with Gasteiger partial charge >= 0.3 is 0 Å². The molecule has 1 heterocycles. The first-order chi connectivity index (χ1) is 8.85. The van der Waals surface area contributed by atoms with Gasteiger partial charge < -0.3 is 10.6 Å². The van der Waals surface area contributed by atoms with Crippen molar-refractivity contribution in [2.24, 2.45) is 0 Å². The molecule has 1 aliphatic rings. The van der Waals surface area contributed by atoms with E-state index in [2.05, 4.69) is 41.7 Å². The molecule has 1 saturated carbocycles. The number of hydrogen-bond acceptors (Lipinski definition) is 4. The van der Waals surface area contributed by atoms with Crippen molar-refractivity contribution in [3.05, 3.63) is 11.9 Å². The summed E-state index contributed by atoms with van der Waals surface area (Å²) in [6, 6.07) is 0.0667. The summed E-state index contributed by atoms with van der Waals surface area (Å²) in [4.78, 5) is 11.9. The molecule has 6 heteroatoms. The molecule has 0 spiro atoms. The summed E-state index contributed by atoms with van der Waals surface area (Å²) >= 11 is 0. The van der Waals surface area contributed by atoms with Crippen molar-refractivity contribution in [1.82, 2.24) is 25.6 Å². The molecule has 0 saturated heterocycles. The van der Waals surface area contributed by atoms with E-state index in [4.69, 9.17) is 0 Å². The normalized spacial score (nSPS) is 17.3. The molecule has 1 aromatic rings. The van der Waals surface area contributed by atoms with Crippen molar-refractivity contribution < 1.29 is 4.79 Å². The van der Waals surface area contributed by atoms with E-state index in [1.54, 1.807) is 4.68 Å². The first kappa shape index (κ1) is 14.0. The van der Waals surface area contributed by atoms with Crippen LogP contribution in [0.5, 0.6) is 0 Å². The molecular formula is C13H23N5O. The first-order valence-corrected chi connectivity index (χ1v) is 6.81. The fourth-order valence-corrected chi connectivity index (χ4v) is 1.61. The van der Waals surface area contributed by atoms with Crippen molar-refractivity contribution in [3.8, 4) is 0 Å². The van der Waals surface area contributed by atoms with Gasteiger partial charge in [-0.05, 0) is 40.5 Å². The predicted octanol–water partition coefficient (Wildman–Crippen LogP) is 1.01. The maximum Gasteiger partial charge on any atom is 0.244 e. The van der Waals surface area contributed by atoms with E-state index in [0.29, 0.717) is 12.6 Å². The average molecular weight is 265 g/mol. The Labute approximate surface area is 113 Å². The molecule has 6 nitrogen and oxygen atoms in total. The van der Waals surface area contributed by atoms with Crippen LogP contribution in [0.15, 0.2) is 6.20 Å².